The summed E-state index contributed by atoms with van der Waals surface area (Å²) in [5, 5.41) is 15.0. The lowest BCUT2D eigenvalue weighted by Crippen LogP contribution is -2.17. The van der Waals surface area contributed by atoms with Gasteiger partial charge in [-0.25, -0.2) is 4.68 Å². The number of hydrogen-bond acceptors (Lipinski definition) is 4. The van der Waals surface area contributed by atoms with Crippen LogP contribution in [0.15, 0.2) is 0 Å². The zero-order chi connectivity index (χ0) is 10.5. The molecule has 0 aromatic carbocycles. The Balaban J connectivity index is 2.08. The fourth-order valence-electron chi connectivity index (χ4n) is 2.27. The van der Waals surface area contributed by atoms with Crippen LogP contribution in [0.4, 0.5) is 0 Å². The van der Waals surface area contributed by atoms with E-state index in [4.69, 9.17) is 0 Å². The van der Waals surface area contributed by atoms with Gasteiger partial charge in [0.2, 0.25) is 0 Å². The van der Waals surface area contributed by atoms with Crippen molar-refractivity contribution in [2.75, 3.05) is 7.05 Å². The summed E-state index contributed by atoms with van der Waals surface area (Å²) < 4.78 is 2.02. The summed E-state index contributed by atoms with van der Waals surface area (Å²) >= 11 is 0. The maximum Gasteiger partial charge on any atom is 0.165 e. The molecule has 0 saturated heterocycles. The largest absolute Gasteiger partial charge is 0.313 e. The number of aromatic nitrogens is 4. The zero-order valence-electron chi connectivity index (χ0n) is 9.32. The van der Waals surface area contributed by atoms with Crippen molar-refractivity contribution in [3.05, 3.63) is 5.82 Å². The molecule has 0 aliphatic heterocycles. The summed E-state index contributed by atoms with van der Waals surface area (Å²) in [7, 11) is 1.92. The minimum atomic E-state index is 0.519. The van der Waals surface area contributed by atoms with E-state index in [0.717, 1.165) is 12.4 Å². The molecule has 5 nitrogen and oxygen atoms in total. The van der Waals surface area contributed by atoms with Gasteiger partial charge in [-0.15, -0.1) is 5.10 Å². The quantitative estimate of drug-likeness (QED) is 0.762. The van der Waals surface area contributed by atoms with Crippen LogP contribution in [0.2, 0.25) is 0 Å². The van der Waals surface area contributed by atoms with Gasteiger partial charge in [0.25, 0.3) is 0 Å². The van der Waals surface area contributed by atoms with Crippen molar-refractivity contribution in [2.24, 2.45) is 0 Å². The normalized spacial score (nSPS) is 19.0. The summed E-state index contributed by atoms with van der Waals surface area (Å²) in [5.41, 5.74) is 0. The number of hydrogen-bond donors (Lipinski definition) is 1. The Morgan fingerprint density at radius 2 is 2.00 bits per heavy atom. The van der Waals surface area contributed by atoms with Crippen molar-refractivity contribution < 1.29 is 0 Å². The fraction of sp³-hybridized carbons (Fsp3) is 0.900. The maximum atomic E-state index is 4.12. The highest BCUT2D eigenvalue weighted by Crippen LogP contribution is 2.26. The van der Waals surface area contributed by atoms with E-state index >= 15 is 0 Å². The van der Waals surface area contributed by atoms with Gasteiger partial charge in [-0.2, -0.15) is 0 Å². The first-order valence-corrected chi connectivity index (χ1v) is 5.83. The third-order valence-corrected chi connectivity index (χ3v) is 3.07. The van der Waals surface area contributed by atoms with E-state index in [1.165, 1.54) is 38.5 Å². The third kappa shape index (κ3) is 2.53. The molecule has 0 bridgehead atoms. The van der Waals surface area contributed by atoms with E-state index in [9.17, 15) is 0 Å². The summed E-state index contributed by atoms with van der Waals surface area (Å²) in [5.74, 6) is 0.962. The van der Waals surface area contributed by atoms with E-state index in [2.05, 4.69) is 20.8 Å². The minimum Gasteiger partial charge on any atom is -0.313 e. The van der Waals surface area contributed by atoms with Crippen LogP contribution in [0.5, 0.6) is 0 Å². The number of nitrogens with one attached hydrogen (secondary N) is 1. The summed E-state index contributed by atoms with van der Waals surface area (Å²) in [6.45, 7) is 0.753. The van der Waals surface area contributed by atoms with Gasteiger partial charge in [0.15, 0.2) is 5.82 Å². The average molecular weight is 209 g/mol. The Morgan fingerprint density at radius 1 is 1.27 bits per heavy atom. The van der Waals surface area contributed by atoms with Gasteiger partial charge in [0, 0.05) is 0 Å². The summed E-state index contributed by atoms with van der Waals surface area (Å²) in [6, 6.07) is 0.519. The first-order chi connectivity index (χ1) is 7.42. The molecular formula is C10H19N5. The summed E-state index contributed by atoms with van der Waals surface area (Å²) in [4.78, 5) is 0. The average Bonchev–Trinajstić information content (AvgIpc) is 2.53. The van der Waals surface area contributed by atoms with E-state index in [1.54, 1.807) is 0 Å². The Hall–Kier alpha value is -0.970. The van der Waals surface area contributed by atoms with Crippen LogP contribution >= 0.6 is 0 Å². The van der Waals surface area contributed by atoms with Crippen molar-refractivity contribution >= 4 is 0 Å². The number of tetrazole rings is 1. The summed E-state index contributed by atoms with van der Waals surface area (Å²) in [6.07, 6.45) is 7.79. The monoisotopic (exact) mass is 209 g/mol. The van der Waals surface area contributed by atoms with E-state index in [1.807, 2.05) is 11.7 Å². The molecule has 2 rings (SSSR count). The Kier molecular flexibility index (Phi) is 3.66. The smallest absolute Gasteiger partial charge is 0.165 e. The molecule has 1 fully saturated rings. The first kappa shape index (κ1) is 10.5. The van der Waals surface area contributed by atoms with Crippen molar-refractivity contribution in [3.63, 3.8) is 0 Å². The predicted octanol–water partition coefficient (Wildman–Crippen LogP) is 1.29. The van der Waals surface area contributed by atoms with E-state index in [-0.39, 0.29) is 0 Å². The van der Waals surface area contributed by atoms with Crippen LogP contribution in [0.1, 0.15) is 50.4 Å². The lowest BCUT2D eigenvalue weighted by Gasteiger charge is -2.15. The van der Waals surface area contributed by atoms with Gasteiger partial charge < -0.3 is 5.32 Å². The highest BCUT2D eigenvalue weighted by Gasteiger charge is 2.18. The van der Waals surface area contributed by atoms with Crippen LogP contribution < -0.4 is 5.32 Å². The van der Waals surface area contributed by atoms with Gasteiger partial charge in [-0.1, -0.05) is 25.7 Å². The lowest BCUT2D eigenvalue weighted by atomic mass is 10.1. The molecule has 0 spiro atoms. The van der Waals surface area contributed by atoms with Crippen LogP contribution in [0.3, 0.4) is 0 Å². The SMILES string of the molecule is CNCc1nnnn1C1CCCCCC1. The van der Waals surface area contributed by atoms with E-state index in [0.29, 0.717) is 6.04 Å². The molecule has 1 aromatic rings. The van der Waals surface area contributed by atoms with Gasteiger partial charge in [-0.3, -0.25) is 0 Å². The highest BCUT2D eigenvalue weighted by atomic mass is 15.6. The Morgan fingerprint density at radius 3 is 2.67 bits per heavy atom. The molecule has 0 unspecified atom stereocenters. The van der Waals surface area contributed by atoms with Gasteiger partial charge in [-0.05, 0) is 30.3 Å². The maximum absolute atomic E-state index is 4.12. The molecular weight excluding hydrogens is 190 g/mol. The molecule has 0 amide bonds. The standard InChI is InChI=1S/C10H19N5/c1-11-8-10-12-13-14-15(10)9-6-4-2-3-5-7-9/h9,11H,2-8H2,1H3. The Labute approximate surface area is 90.2 Å². The first-order valence-electron chi connectivity index (χ1n) is 5.83. The molecule has 0 radical (unpaired) electrons. The van der Waals surface area contributed by atoms with Crippen LogP contribution in [-0.4, -0.2) is 27.3 Å². The second-order valence-electron chi connectivity index (χ2n) is 4.22. The minimum absolute atomic E-state index is 0.519. The molecule has 0 atom stereocenters. The van der Waals surface area contributed by atoms with Crippen LogP contribution in [0, 0.1) is 0 Å². The fourth-order valence-corrected chi connectivity index (χ4v) is 2.27. The molecule has 84 valence electrons. The van der Waals surface area contributed by atoms with Crippen LogP contribution in [-0.2, 0) is 6.54 Å². The number of rotatable bonds is 3. The predicted molar refractivity (Wildman–Crippen MR) is 57.3 cm³/mol. The Bertz CT molecular complexity index is 288. The number of nitrogens with zero attached hydrogens (tertiary/aromatic N) is 4. The second-order valence-corrected chi connectivity index (χ2v) is 4.22. The molecule has 15 heavy (non-hydrogen) atoms. The van der Waals surface area contributed by atoms with Gasteiger partial charge >= 0.3 is 0 Å². The second kappa shape index (κ2) is 5.21. The lowest BCUT2D eigenvalue weighted by molar-refractivity contribution is 0.382. The third-order valence-electron chi connectivity index (χ3n) is 3.07. The molecule has 5 heteroatoms. The molecule has 1 aliphatic rings. The molecule has 1 N–H and O–H groups in total. The molecule has 1 saturated carbocycles. The van der Waals surface area contributed by atoms with Crippen molar-refractivity contribution in [1.29, 1.82) is 0 Å². The van der Waals surface area contributed by atoms with Crippen molar-refractivity contribution in [3.8, 4) is 0 Å². The van der Waals surface area contributed by atoms with Gasteiger partial charge in [0.05, 0.1) is 12.6 Å². The van der Waals surface area contributed by atoms with Crippen molar-refractivity contribution in [2.45, 2.75) is 51.1 Å². The zero-order valence-corrected chi connectivity index (χ0v) is 9.32. The van der Waals surface area contributed by atoms with Crippen LogP contribution in [0.25, 0.3) is 0 Å². The topological polar surface area (TPSA) is 55.6 Å². The molecule has 1 heterocycles. The highest BCUT2D eigenvalue weighted by molar-refractivity contribution is 4.84. The van der Waals surface area contributed by atoms with Crippen molar-refractivity contribution in [1.82, 2.24) is 25.5 Å². The molecule has 1 aliphatic carbocycles. The molecule has 1 aromatic heterocycles. The van der Waals surface area contributed by atoms with Gasteiger partial charge in [0.1, 0.15) is 0 Å². The van der Waals surface area contributed by atoms with E-state index < -0.39 is 0 Å².